The third-order valence-electron chi connectivity index (χ3n) is 4.38. The number of piperidine rings is 1. The molecule has 1 aliphatic heterocycles. The predicted octanol–water partition coefficient (Wildman–Crippen LogP) is 3.11. The molecule has 1 saturated heterocycles. The first-order valence-electron chi connectivity index (χ1n) is 8.62. The number of nitro benzene ring substituents is 1. The van der Waals surface area contributed by atoms with Gasteiger partial charge in [-0.1, -0.05) is 30.3 Å². The standard InChI is InChI=1S/C19H21N3O4/c23-19(15-8-10-20-11-9-15)26-16-6-7-18(22(24)25)17(12-16)21-13-14-4-2-1-3-5-14/h1-7,12,15,20-21H,8-11,13H2. The van der Waals surface area contributed by atoms with E-state index in [1.54, 1.807) is 0 Å². The normalized spacial score (nSPS) is 14.6. The molecule has 0 saturated carbocycles. The van der Waals surface area contributed by atoms with Gasteiger partial charge in [-0.3, -0.25) is 14.9 Å². The Morgan fingerprint density at radius 1 is 1.19 bits per heavy atom. The lowest BCUT2D eigenvalue weighted by molar-refractivity contribution is -0.384. The van der Waals surface area contributed by atoms with Crippen molar-refractivity contribution >= 4 is 17.3 Å². The molecule has 0 amide bonds. The number of rotatable bonds is 6. The van der Waals surface area contributed by atoms with Crippen molar-refractivity contribution < 1.29 is 14.5 Å². The maximum atomic E-state index is 12.3. The molecule has 0 aromatic heterocycles. The zero-order chi connectivity index (χ0) is 18.4. The van der Waals surface area contributed by atoms with E-state index in [-0.39, 0.29) is 17.6 Å². The number of nitrogens with zero attached hydrogens (tertiary/aromatic N) is 1. The lowest BCUT2D eigenvalue weighted by atomic mass is 9.98. The lowest BCUT2D eigenvalue weighted by Crippen LogP contribution is -2.33. The molecule has 0 spiro atoms. The average Bonchev–Trinajstić information content (AvgIpc) is 2.68. The highest BCUT2D eigenvalue weighted by Gasteiger charge is 2.23. The summed E-state index contributed by atoms with van der Waals surface area (Å²) in [7, 11) is 0. The molecule has 1 heterocycles. The number of nitrogens with one attached hydrogen (secondary N) is 2. The number of anilines is 1. The van der Waals surface area contributed by atoms with Gasteiger partial charge in [-0.2, -0.15) is 0 Å². The molecule has 0 bridgehead atoms. The second kappa shape index (κ2) is 8.44. The second-order valence-electron chi connectivity index (χ2n) is 6.22. The van der Waals surface area contributed by atoms with E-state index in [1.165, 1.54) is 18.2 Å². The van der Waals surface area contributed by atoms with Crippen LogP contribution >= 0.6 is 0 Å². The molecule has 0 aliphatic carbocycles. The van der Waals surface area contributed by atoms with Gasteiger partial charge < -0.3 is 15.4 Å². The number of ether oxygens (including phenoxy) is 1. The topological polar surface area (TPSA) is 93.5 Å². The summed E-state index contributed by atoms with van der Waals surface area (Å²) in [6, 6.07) is 13.9. The van der Waals surface area contributed by atoms with Crippen LogP contribution in [0.3, 0.4) is 0 Å². The number of hydrogen-bond acceptors (Lipinski definition) is 6. The molecular weight excluding hydrogens is 334 g/mol. The molecule has 3 rings (SSSR count). The summed E-state index contributed by atoms with van der Waals surface area (Å²) >= 11 is 0. The Kier molecular flexibility index (Phi) is 5.80. The van der Waals surface area contributed by atoms with Crippen molar-refractivity contribution in [2.75, 3.05) is 18.4 Å². The van der Waals surface area contributed by atoms with Crippen LogP contribution in [-0.2, 0) is 11.3 Å². The first-order chi connectivity index (χ1) is 12.6. The molecule has 1 aliphatic rings. The van der Waals surface area contributed by atoms with Crippen LogP contribution in [0.2, 0.25) is 0 Å². The van der Waals surface area contributed by atoms with Gasteiger partial charge in [0.15, 0.2) is 0 Å². The van der Waals surface area contributed by atoms with E-state index in [0.29, 0.717) is 18.0 Å². The van der Waals surface area contributed by atoms with Gasteiger partial charge in [0.25, 0.3) is 5.69 Å². The molecular formula is C19H21N3O4. The Bertz CT molecular complexity index is 774. The summed E-state index contributed by atoms with van der Waals surface area (Å²) in [5.41, 5.74) is 1.27. The smallest absolute Gasteiger partial charge is 0.314 e. The second-order valence-corrected chi connectivity index (χ2v) is 6.22. The molecule has 0 atom stereocenters. The quantitative estimate of drug-likeness (QED) is 0.358. The molecule has 2 N–H and O–H groups in total. The van der Waals surface area contributed by atoms with E-state index in [2.05, 4.69) is 10.6 Å². The van der Waals surface area contributed by atoms with E-state index < -0.39 is 4.92 Å². The summed E-state index contributed by atoms with van der Waals surface area (Å²) in [6.07, 6.45) is 1.48. The molecule has 7 nitrogen and oxygen atoms in total. The van der Waals surface area contributed by atoms with Crippen molar-refractivity contribution in [1.29, 1.82) is 0 Å². The van der Waals surface area contributed by atoms with Gasteiger partial charge in [-0.15, -0.1) is 0 Å². The first kappa shape index (κ1) is 17.9. The Morgan fingerprint density at radius 2 is 1.92 bits per heavy atom. The van der Waals surface area contributed by atoms with Crippen LogP contribution in [0, 0.1) is 16.0 Å². The molecule has 2 aromatic rings. The third-order valence-corrected chi connectivity index (χ3v) is 4.38. The highest BCUT2D eigenvalue weighted by molar-refractivity contribution is 5.76. The minimum absolute atomic E-state index is 0.0532. The number of esters is 1. The van der Waals surface area contributed by atoms with E-state index in [1.807, 2.05) is 30.3 Å². The third kappa shape index (κ3) is 4.58. The van der Waals surface area contributed by atoms with Crippen LogP contribution in [0.25, 0.3) is 0 Å². The summed E-state index contributed by atoms with van der Waals surface area (Å²) in [4.78, 5) is 23.1. The molecule has 2 aromatic carbocycles. The van der Waals surface area contributed by atoms with Gasteiger partial charge in [0.2, 0.25) is 0 Å². The highest BCUT2D eigenvalue weighted by atomic mass is 16.6. The van der Waals surface area contributed by atoms with Crippen LogP contribution in [0.1, 0.15) is 18.4 Å². The van der Waals surface area contributed by atoms with E-state index in [4.69, 9.17) is 4.74 Å². The molecule has 136 valence electrons. The number of benzene rings is 2. The summed E-state index contributed by atoms with van der Waals surface area (Å²) in [5, 5.41) is 17.5. The summed E-state index contributed by atoms with van der Waals surface area (Å²) in [6.45, 7) is 2.03. The minimum Gasteiger partial charge on any atom is -0.426 e. The molecule has 26 heavy (non-hydrogen) atoms. The van der Waals surface area contributed by atoms with Gasteiger partial charge in [-0.05, 0) is 37.6 Å². The summed E-state index contributed by atoms with van der Waals surface area (Å²) < 4.78 is 5.45. The minimum atomic E-state index is -0.453. The van der Waals surface area contributed by atoms with Crippen LogP contribution in [0.5, 0.6) is 5.75 Å². The van der Waals surface area contributed by atoms with E-state index >= 15 is 0 Å². The molecule has 0 unspecified atom stereocenters. The molecule has 0 radical (unpaired) electrons. The van der Waals surface area contributed by atoms with Crippen molar-refractivity contribution in [3.8, 4) is 5.75 Å². The Morgan fingerprint density at radius 3 is 2.62 bits per heavy atom. The fraction of sp³-hybridized carbons (Fsp3) is 0.316. The lowest BCUT2D eigenvalue weighted by Gasteiger charge is -2.21. The Labute approximate surface area is 151 Å². The SMILES string of the molecule is O=C(Oc1ccc([N+](=O)[O-])c(NCc2ccccc2)c1)C1CCNCC1. The zero-order valence-electron chi connectivity index (χ0n) is 14.3. The monoisotopic (exact) mass is 355 g/mol. The number of nitro groups is 1. The van der Waals surface area contributed by atoms with E-state index in [9.17, 15) is 14.9 Å². The van der Waals surface area contributed by atoms with Crippen LogP contribution < -0.4 is 15.4 Å². The summed E-state index contributed by atoms with van der Waals surface area (Å²) in [5.74, 6) is -0.101. The molecule has 7 heteroatoms. The largest absolute Gasteiger partial charge is 0.426 e. The van der Waals surface area contributed by atoms with Gasteiger partial charge in [-0.25, -0.2) is 0 Å². The van der Waals surface area contributed by atoms with Crippen molar-refractivity contribution in [2.45, 2.75) is 19.4 Å². The molecule has 1 fully saturated rings. The maximum Gasteiger partial charge on any atom is 0.314 e. The fourth-order valence-electron chi connectivity index (χ4n) is 2.93. The Hall–Kier alpha value is -2.93. The van der Waals surface area contributed by atoms with Crippen LogP contribution in [0.15, 0.2) is 48.5 Å². The maximum absolute atomic E-state index is 12.3. The van der Waals surface area contributed by atoms with Crippen molar-refractivity contribution in [3.63, 3.8) is 0 Å². The number of carbonyl (C=O) groups excluding carboxylic acids is 1. The zero-order valence-corrected chi connectivity index (χ0v) is 14.3. The van der Waals surface area contributed by atoms with Crippen molar-refractivity contribution in [2.24, 2.45) is 5.92 Å². The van der Waals surface area contributed by atoms with Crippen LogP contribution in [-0.4, -0.2) is 24.0 Å². The first-order valence-corrected chi connectivity index (χ1v) is 8.62. The van der Waals surface area contributed by atoms with Gasteiger partial charge in [0, 0.05) is 18.7 Å². The van der Waals surface area contributed by atoms with E-state index in [0.717, 1.165) is 31.5 Å². The number of carbonyl (C=O) groups is 1. The predicted molar refractivity (Wildman–Crippen MR) is 98.1 cm³/mol. The number of hydrogen-bond donors (Lipinski definition) is 2. The van der Waals surface area contributed by atoms with Crippen molar-refractivity contribution in [3.05, 3.63) is 64.2 Å². The fourth-order valence-corrected chi connectivity index (χ4v) is 2.93. The van der Waals surface area contributed by atoms with Crippen LogP contribution in [0.4, 0.5) is 11.4 Å². The van der Waals surface area contributed by atoms with Crippen molar-refractivity contribution in [1.82, 2.24) is 5.32 Å². The van der Waals surface area contributed by atoms with Gasteiger partial charge in [0.05, 0.1) is 10.8 Å². The van der Waals surface area contributed by atoms with Gasteiger partial charge in [0.1, 0.15) is 11.4 Å². The highest BCUT2D eigenvalue weighted by Crippen LogP contribution is 2.30. The Balaban J connectivity index is 1.72. The van der Waals surface area contributed by atoms with Gasteiger partial charge >= 0.3 is 5.97 Å². The average molecular weight is 355 g/mol.